The SMILES string of the molecule is CCN(CC)CCN1C(=O)C(O)=C(C(=O)c2cccs2)[C@@H]1c1cccc(Br)c1. The highest BCUT2D eigenvalue weighted by Crippen LogP contribution is 2.39. The van der Waals surface area contributed by atoms with Crippen LogP contribution in [0.1, 0.15) is 35.1 Å². The normalized spacial score (nSPS) is 17.1. The molecular weight excluding hydrogens is 440 g/mol. The number of carbonyl (C=O) groups is 2. The van der Waals surface area contributed by atoms with Gasteiger partial charge in [-0.15, -0.1) is 11.3 Å². The Balaban J connectivity index is 2.01. The number of benzene rings is 1. The lowest BCUT2D eigenvalue weighted by Gasteiger charge is -2.29. The number of nitrogens with zero attached hydrogens (tertiary/aromatic N) is 2. The van der Waals surface area contributed by atoms with Gasteiger partial charge in [-0.05, 0) is 42.2 Å². The number of rotatable bonds is 8. The van der Waals surface area contributed by atoms with E-state index in [0.29, 0.717) is 18.0 Å². The number of hydrogen-bond donors (Lipinski definition) is 1. The summed E-state index contributed by atoms with van der Waals surface area (Å²) in [5.41, 5.74) is 0.955. The number of halogens is 1. The summed E-state index contributed by atoms with van der Waals surface area (Å²) >= 11 is 4.77. The van der Waals surface area contributed by atoms with Gasteiger partial charge in [0.1, 0.15) is 0 Å². The zero-order chi connectivity index (χ0) is 20.3. The third-order valence-corrected chi connectivity index (χ3v) is 6.37. The van der Waals surface area contributed by atoms with Crippen molar-refractivity contribution in [2.75, 3.05) is 26.2 Å². The molecule has 0 bridgehead atoms. The first kappa shape index (κ1) is 20.8. The Morgan fingerprint density at radius 2 is 2.00 bits per heavy atom. The first-order valence-corrected chi connectivity index (χ1v) is 10.9. The quantitative estimate of drug-likeness (QED) is 0.589. The molecular formula is C21H23BrN2O3S. The summed E-state index contributed by atoms with van der Waals surface area (Å²) in [4.78, 5) is 30.3. The van der Waals surface area contributed by atoms with Crippen LogP contribution in [0.5, 0.6) is 0 Å². The lowest BCUT2D eigenvalue weighted by atomic mass is 9.95. The van der Waals surface area contributed by atoms with Crippen molar-refractivity contribution in [3.63, 3.8) is 0 Å². The van der Waals surface area contributed by atoms with Crippen molar-refractivity contribution in [2.24, 2.45) is 0 Å². The fourth-order valence-electron chi connectivity index (χ4n) is 3.47. The Bertz CT molecular complexity index is 891. The molecule has 0 fully saturated rings. The topological polar surface area (TPSA) is 60.9 Å². The number of thiophene rings is 1. The van der Waals surface area contributed by atoms with Crippen LogP contribution < -0.4 is 0 Å². The van der Waals surface area contributed by atoms with Gasteiger partial charge >= 0.3 is 0 Å². The zero-order valence-electron chi connectivity index (χ0n) is 15.9. The smallest absolute Gasteiger partial charge is 0.290 e. The van der Waals surface area contributed by atoms with Crippen LogP contribution in [0.4, 0.5) is 0 Å². The predicted octanol–water partition coefficient (Wildman–Crippen LogP) is 4.43. The molecule has 0 saturated carbocycles. The van der Waals surface area contributed by atoms with Crippen LogP contribution in [0.3, 0.4) is 0 Å². The molecule has 0 unspecified atom stereocenters. The van der Waals surface area contributed by atoms with E-state index in [1.54, 1.807) is 17.0 Å². The third kappa shape index (κ3) is 4.06. The maximum absolute atomic E-state index is 13.1. The molecule has 0 radical (unpaired) electrons. The summed E-state index contributed by atoms with van der Waals surface area (Å²) in [5, 5.41) is 12.4. The first-order chi connectivity index (χ1) is 13.5. The highest BCUT2D eigenvalue weighted by molar-refractivity contribution is 9.10. The van der Waals surface area contributed by atoms with Crippen molar-refractivity contribution in [3.8, 4) is 0 Å². The average Bonchev–Trinajstić information content (AvgIpc) is 3.31. The van der Waals surface area contributed by atoms with Crippen LogP contribution in [-0.2, 0) is 4.79 Å². The molecule has 28 heavy (non-hydrogen) atoms. The summed E-state index contributed by atoms with van der Waals surface area (Å²) in [6.45, 7) is 7.01. The second-order valence-electron chi connectivity index (χ2n) is 6.55. The van der Waals surface area contributed by atoms with E-state index in [2.05, 4.69) is 34.7 Å². The molecule has 0 aliphatic carbocycles. The zero-order valence-corrected chi connectivity index (χ0v) is 18.3. The van der Waals surface area contributed by atoms with Gasteiger partial charge in [0, 0.05) is 17.6 Å². The number of aliphatic hydroxyl groups excluding tert-OH is 1. The number of likely N-dealkylation sites (N-methyl/N-ethyl adjacent to an activating group) is 1. The van der Waals surface area contributed by atoms with E-state index in [1.807, 2.05) is 29.6 Å². The number of carbonyl (C=O) groups excluding carboxylic acids is 2. The molecule has 2 aromatic rings. The van der Waals surface area contributed by atoms with Crippen molar-refractivity contribution in [1.29, 1.82) is 0 Å². The van der Waals surface area contributed by atoms with Crippen molar-refractivity contribution < 1.29 is 14.7 Å². The van der Waals surface area contributed by atoms with E-state index in [1.165, 1.54) is 11.3 Å². The van der Waals surface area contributed by atoms with Gasteiger partial charge in [-0.1, -0.05) is 48.0 Å². The van der Waals surface area contributed by atoms with Gasteiger partial charge in [-0.25, -0.2) is 0 Å². The fraction of sp³-hybridized carbons (Fsp3) is 0.333. The van der Waals surface area contributed by atoms with Crippen LogP contribution >= 0.6 is 27.3 Å². The van der Waals surface area contributed by atoms with Crippen molar-refractivity contribution >= 4 is 39.0 Å². The van der Waals surface area contributed by atoms with Gasteiger partial charge in [0.25, 0.3) is 5.91 Å². The Labute approximate surface area is 177 Å². The molecule has 1 amide bonds. The molecule has 1 N–H and O–H groups in total. The number of ketones is 1. The molecule has 7 heteroatoms. The van der Waals surface area contributed by atoms with Gasteiger partial charge in [-0.3, -0.25) is 9.59 Å². The number of amides is 1. The predicted molar refractivity (Wildman–Crippen MR) is 115 cm³/mol. The molecule has 1 aliphatic heterocycles. The van der Waals surface area contributed by atoms with Crippen LogP contribution in [0.25, 0.3) is 0 Å². The van der Waals surface area contributed by atoms with E-state index in [0.717, 1.165) is 23.1 Å². The molecule has 1 atom stereocenters. The lowest BCUT2D eigenvalue weighted by Crippen LogP contribution is -2.38. The maximum atomic E-state index is 13.1. The van der Waals surface area contributed by atoms with E-state index < -0.39 is 17.7 Å². The second kappa shape index (κ2) is 9.03. The molecule has 1 aromatic heterocycles. The third-order valence-electron chi connectivity index (χ3n) is 5.01. The molecule has 5 nitrogen and oxygen atoms in total. The van der Waals surface area contributed by atoms with Crippen LogP contribution in [0.2, 0.25) is 0 Å². The van der Waals surface area contributed by atoms with E-state index >= 15 is 0 Å². The minimum absolute atomic E-state index is 0.157. The van der Waals surface area contributed by atoms with Gasteiger partial charge in [-0.2, -0.15) is 0 Å². The Morgan fingerprint density at radius 1 is 1.25 bits per heavy atom. The van der Waals surface area contributed by atoms with Gasteiger partial charge < -0.3 is 14.9 Å². The number of aliphatic hydroxyl groups is 1. The lowest BCUT2D eigenvalue weighted by molar-refractivity contribution is -0.129. The van der Waals surface area contributed by atoms with Gasteiger partial charge in [0.2, 0.25) is 5.78 Å². The molecule has 3 rings (SSSR count). The van der Waals surface area contributed by atoms with Crippen LogP contribution in [0.15, 0.2) is 57.6 Å². The fourth-order valence-corrected chi connectivity index (χ4v) is 4.56. The molecule has 0 saturated heterocycles. The summed E-state index contributed by atoms with van der Waals surface area (Å²) in [7, 11) is 0. The Kier molecular flexibility index (Phi) is 6.69. The Hall–Kier alpha value is -1.96. The summed E-state index contributed by atoms with van der Waals surface area (Å²) in [5.74, 6) is -1.23. The van der Waals surface area contributed by atoms with Gasteiger partial charge in [0.05, 0.1) is 16.5 Å². The standard InChI is InChI=1S/C21H23BrN2O3S/c1-3-23(4-2)10-11-24-18(14-7-5-8-15(22)13-14)17(20(26)21(24)27)19(25)16-9-6-12-28-16/h5-9,12-13,18,26H,3-4,10-11H2,1-2H3/t18-/m0/s1. The Morgan fingerprint density at radius 3 is 2.61 bits per heavy atom. The average molecular weight is 463 g/mol. The number of hydrogen-bond acceptors (Lipinski definition) is 5. The largest absolute Gasteiger partial charge is 0.503 e. The minimum atomic E-state index is -0.602. The van der Waals surface area contributed by atoms with Crippen LogP contribution in [-0.4, -0.2) is 52.8 Å². The van der Waals surface area contributed by atoms with Gasteiger partial charge in [0.15, 0.2) is 5.76 Å². The second-order valence-corrected chi connectivity index (χ2v) is 8.42. The molecule has 2 heterocycles. The highest BCUT2D eigenvalue weighted by Gasteiger charge is 2.43. The molecule has 0 spiro atoms. The van der Waals surface area contributed by atoms with E-state index in [-0.39, 0.29) is 11.4 Å². The monoisotopic (exact) mass is 462 g/mol. The van der Waals surface area contributed by atoms with Crippen molar-refractivity contribution in [2.45, 2.75) is 19.9 Å². The minimum Gasteiger partial charge on any atom is -0.503 e. The highest BCUT2D eigenvalue weighted by atomic mass is 79.9. The van der Waals surface area contributed by atoms with E-state index in [4.69, 9.17) is 0 Å². The molecule has 1 aromatic carbocycles. The molecule has 1 aliphatic rings. The van der Waals surface area contributed by atoms with E-state index in [9.17, 15) is 14.7 Å². The van der Waals surface area contributed by atoms with Crippen molar-refractivity contribution in [1.82, 2.24) is 9.80 Å². The first-order valence-electron chi connectivity index (χ1n) is 9.28. The molecule has 148 valence electrons. The van der Waals surface area contributed by atoms with Crippen LogP contribution in [0, 0.1) is 0 Å². The summed E-state index contributed by atoms with van der Waals surface area (Å²) in [6.07, 6.45) is 0. The maximum Gasteiger partial charge on any atom is 0.290 e. The summed E-state index contributed by atoms with van der Waals surface area (Å²) < 4.78 is 0.857. The number of Topliss-reactive ketones (excluding diaryl/α,β-unsaturated/α-hetero) is 1. The van der Waals surface area contributed by atoms with Crippen molar-refractivity contribution in [3.05, 3.63) is 68.0 Å². The summed E-state index contributed by atoms with van der Waals surface area (Å²) in [6, 6.07) is 10.4.